The number of nitrogens with zero attached hydrogens (tertiary/aromatic N) is 3. The van der Waals surface area contributed by atoms with Crippen molar-refractivity contribution in [2.45, 2.75) is 6.92 Å². The van der Waals surface area contributed by atoms with E-state index in [0.29, 0.717) is 10.6 Å². The van der Waals surface area contributed by atoms with Crippen LogP contribution in [0.5, 0.6) is 0 Å². The molecule has 0 spiro atoms. The maximum Gasteiger partial charge on any atom is 0.171 e. The van der Waals surface area contributed by atoms with Gasteiger partial charge in [-0.25, -0.2) is 0 Å². The molecule has 1 fully saturated rings. The van der Waals surface area contributed by atoms with E-state index in [2.05, 4.69) is 21.9 Å². The van der Waals surface area contributed by atoms with E-state index >= 15 is 0 Å². The van der Waals surface area contributed by atoms with Gasteiger partial charge in [0.2, 0.25) is 0 Å². The molecular formula is C13H19ClN4O. The van der Waals surface area contributed by atoms with Crippen LogP contribution in [0.4, 0.5) is 5.69 Å². The number of rotatable bonds is 3. The summed E-state index contributed by atoms with van der Waals surface area (Å²) in [7, 11) is 0. The number of hydrogen-bond acceptors (Lipinski definition) is 4. The fraction of sp³-hybridized carbons (Fsp3) is 0.462. The van der Waals surface area contributed by atoms with Crippen LogP contribution in [0, 0.1) is 0 Å². The van der Waals surface area contributed by atoms with Gasteiger partial charge in [-0.05, 0) is 24.7 Å². The molecule has 1 aliphatic heterocycles. The first-order valence-corrected chi connectivity index (χ1v) is 6.78. The Hall–Kier alpha value is -1.46. The van der Waals surface area contributed by atoms with E-state index < -0.39 is 0 Å². The Kier molecular flexibility index (Phi) is 4.50. The first-order chi connectivity index (χ1) is 9.15. The number of amidine groups is 1. The van der Waals surface area contributed by atoms with E-state index in [1.54, 1.807) is 6.07 Å². The molecule has 0 unspecified atom stereocenters. The minimum absolute atomic E-state index is 0.0346. The van der Waals surface area contributed by atoms with Gasteiger partial charge in [0.25, 0.3) is 0 Å². The van der Waals surface area contributed by atoms with Crippen molar-refractivity contribution in [3.05, 3.63) is 28.8 Å². The monoisotopic (exact) mass is 282 g/mol. The first kappa shape index (κ1) is 14.0. The Morgan fingerprint density at radius 1 is 1.37 bits per heavy atom. The third-order valence-electron chi connectivity index (χ3n) is 3.52. The molecule has 6 heteroatoms. The second-order valence-corrected chi connectivity index (χ2v) is 4.98. The molecular weight excluding hydrogens is 264 g/mol. The number of likely N-dealkylation sites (N-methyl/N-ethyl adjacent to an activating group) is 1. The highest BCUT2D eigenvalue weighted by Crippen LogP contribution is 2.24. The third kappa shape index (κ3) is 3.11. The molecule has 2 rings (SSSR count). The zero-order valence-corrected chi connectivity index (χ0v) is 11.8. The van der Waals surface area contributed by atoms with E-state index in [0.717, 1.165) is 38.4 Å². The minimum atomic E-state index is 0.0346. The van der Waals surface area contributed by atoms with Gasteiger partial charge in [0.1, 0.15) is 0 Å². The summed E-state index contributed by atoms with van der Waals surface area (Å²) in [4.78, 5) is 4.72. The number of nitrogens with two attached hydrogens (primary N) is 1. The molecule has 1 aliphatic rings. The normalized spacial score (nSPS) is 17.8. The largest absolute Gasteiger partial charge is 0.409 e. The van der Waals surface area contributed by atoms with Crippen LogP contribution in [-0.4, -0.2) is 48.7 Å². The van der Waals surface area contributed by atoms with E-state index in [9.17, 15) is 0 Å². The Bertz CT molecular complexity index is 470. The third-order valence-corrected chi connectivity index (χ3v) is 3.83. The van der Waals surface area contributed by atoms with Crippen LogP contribution >= 0.6 is 11.6 Å². The second-order valence-electron chi connectivity index (χ2n) is 4.57. The minimum Gasteiger partial charge on any atom is -0.409 e. The molecule has 19 heavy (non-hydrogen) atoms. The maximum atomic E-state index is 8.68. The topological polar surface area (TPSA) is 65.1 Å². The van der Waals surface area contributed by atoms with E-state index in [-0.39, 0.29) is 5.84 Å². The zero-order chi connectivity index (χ0) is 13.8. The van der Waals surface area contributed by atoms with Gasteiger partial charge in [-0.15, -0.1) is 0 Å². The second kappa shape index (κ2) is 6.12. The van der Waals surface area contributed by atoms with E-state index in [1.165, 1.54) is 0 Å². The lowest BCUT2D eigenvalue weighted by Gasteiger charge is -2.35. The summed E-state index contributed by atoms with van der Waals surface area (Å²) >= 11 is 6.17. The summed E-state index contributed by atoms with van der Waals surface area (Å²) in [6.07, 6.45) is 0. The number of halogens is 1. The van der Waals surface area contributed by atoms with Crippen molar-refractivity contribution in [3.63, 3.8) is 0 Å². The number of benzene rings is 1. The average molecular weight is 283 g/mol. The van der Waals surface area contributed by atoms with Gasteiger partial charge in [-0.2, -0.15) is 0 Å². The van der Waals surface area contributed by atoms with Crippen molar-refractivity contribution in [2.24, 2.45) is 10.9 Å². The number of piperazine rings is 1. The Morgan fingerprint density at radius 3 is 2.58 bits per heavy atom. The molecule has 0 atom stereocenters. The van der Waals surface area contributed by atoms with Gasteiger partial charge in [-0.3, -0.25) is 0 Å². The van der Waals surface area contributed by atoms with Crippen LogP contribution in [0.25, 0.3) is 0 Å². The van der Waals surface area contributed by atoms with Gasteiger partial charge in [-0.1, -0.05) is 23.7 Å². The average Bonchev–Trinajstić information content (AvgIpc) is 2.46. The summed E-state index contributed by atoms with van der Waals surface area (Å²) in [6, 6.07) is 5.62. The van der Waals surface area contributed by atoms with E-state index in [1.807, 2.05) is 12.1 Å². The van der Waals surface area contributed by atoms with Gasteiger partial charge < -0.3 is 20.7 Å². The lowest BCUT2D eigenvalue weighted by atomic mass is 10.1. The van der Waals surface area contributed by atoms with Crippen molar-refractivity contribution in [3.8, 4) is 0 Å². The van der Waals surface area contributed by atoms with Crippen LogP contribution < -0.4 is 10.6 Å². The maximum absolute atomic E-state index is 8.68. The van der Waals surface area contributed by atoms with Gasteiger partial charge in [0.15, 0.2) is 5.84 Å². The standard InChI is InChI=1S/C13H19ClN4O/c1-2-17-5-7-18(8-6-17)10-3-4-11(12(14)9-10)13(15)16-19/h3-4,9,19H,2,5-8H2,1H3,(H2,15,16). The van der Waals surface area contributed by atoms with Crippen molar-refractivity contribution < 1.29 is 5.21 Å². The lowest BCUT2D eigenvalue weighted by Crippen LogP contribution is -2.46. The summed E-state index contributed by atoms with van der Waals surface area (Å²) in [5.41, 5.74) is 7.19. The zero-order valence-electron chi connectivity index (χ0n) is 11.0. The molecule has 1 saturated heterocycles. The molecule has 0 radical (unpaired) electrons. The van der Waals surface area contributed by atoms with Crippen LogP contribution in [0.2, 0.25) is 5.02 Å². The first-order valence-electron chi connectivity index (χ1n) is 6.40. The fourth-order valence-corrected chi connectivity index (χ4v) is 2.56. The Balaban J connectivity index is 2.12. The number of oxime groups is 1. The van der Waals surface area contributed by atoms with Gasteiger partial charge >= 0.3 is 0 Å². The molecule has 5 nitrogen and oxygen atoms in total. The molecule has 1 aromatic rings. The van der Waals surface area contributed by atoms with Crippen LogP contribution in [-0.2, 0) is 0 Å². The van der Waals surface area contributed by atoms with Crippen molar-refractivity contribution in [2.75, 3.05) is 37.6 Å². The quantitative estimate of drug-likeness (QED) is 0.382. The highest BCUT2D eigenvalue weighted by Gasteiger charge is 2.17. The van der Waals surface area contributed by atoms with Gasteiger partial charge in [0, 0.05) is 37.4 Å². The van der Waals surface area contributed by atoms with Crippen LogP contribution in [0.3, 0.4) is 0 Å². The molecule has 0 bridgehead atoms. The number of anilines is 1. The molecule has 104 valence electrons. The molecule has 0 aromatic heterocycles. The Labute approximate surface area is 118 Å². The molecule has 1 heterocycles. The van der Waals surface area contributed by atoms with E-state index in [4.69, 9.17) is 22.5 Å². The fourth-order valence-electron chi connectivity index (χ4n) is 2.28. The van der Waals surface area contributed by atoms with Crippen LogP contribution in [0.1, 0.15) is 12.5 Å². The summed E-state index contributed by atoms with van der Waals surface area (Å²) in [6.45, 7) is 7.39. The predicted molar refractivity (Wildman–Crippen MR) is 78.3 cm³/mol. The SMILES string of the molecule is CCN1CCN(c2ccc(/C(N)=N/O)c(Cl)c2)CC1. The van der Waals surface area contributed by atoms with Crippen LogP contribution in [0.15, 0.2) is 23.4 Å². The molecule has 1 aromatic carbocycles. The highest BCUT2D eigenvalue weighted by atomic mass is 35.5. The molecule has 0 aliphatic carbocycles. The molecule has 3 N–H and O–H groups in total. The summed E-state index contributed by atoms with van der Waals surface area (Å²) in [5.74, 6) is 0.0346. The van der Waals surface area contributed by atoms with Gasteiger partial charge in [0.05, 0.1) is 5.02 Å². The van der Waals surface area contributed by atoms with Crippen molar-refractivity contribution in [1.82, 2.24) is 4.90 Å². The number of hydrogen-bond donors (Lipinski definition) is 2. The van der Waals surface area contributed by atoms with Crippen molar-refractivity contribution >= 4 is 23.1 Å². The summed E-state index contributed by atoms with van der Waals surface area (Å²) in [5, 5.41) is 12.2. The molecule has 0 amide bonds. The molecule has 0 saturated carbocycles. The predicted octanol–water partition coefficient (Wildman–Crippen LogP) is 1.58. The highest BCUT2D eigenvalue weighted by molar-refractivity contribution is 6.34. The van der Waals surface area contributed by atoms with Crippen molar-refractivity contribution in [1.29, 1.82) is 0 Å². The summed E-state index contributed by atoms with van der Waals surface area (Å²) < 4.78 is 0. The smallest absolute Gasteiger partial charge is 0.171 e. The lowest BCUT2D eigenvalue weighted by molar-refractivity contribution is 0.271. The Morgan fingerprint density at radius 2 is 2.05 bits per heavy atom.